The molecule has 1 aliphatic rings. The number of aromatic nitrogens is 1. The van der Waals surface area contributed by atoms with Crippen LogP contribution in [0.1, 0.15) is 38.2 Å². The Labute approximate surface area is 152 Å². The van der Waals surface area contributed by atoms with Gasteiger partial charge >= 0.3 is 17.8 Å². The first-order chi connectivity index (χ1) is 12.4. The maximum absolute atomic E-state index is 11.8. The van der Waals surface area contributed by atoms with Crippen LogP contribution in [0.15, 0.2) is 12.3 Å². The number of pyridine rings is 1. The second kappa shape index (κ2) is 9.17. The smallest absolute Gasteiger partial charge is 0.396 e. The summed E-state index contributed by atoms with van der Waals surface area (Å²) >= 11 is 0. The number of aryl methyl sites for hydroxylation is 1. The van der Waals surface area contributed by atoms with Crippen molar-refractivity contribution >= 4 is 23.5 Å². The number of rotatable bonds is 5. The van der Waals surface area contributed by atoms with Crippen LogP contribution in [-0.4, -0.2) is 42.7 Å². The number of methoxy groups -OCH3 is 1. The third-order valence-electron chi connectivity index (χ3n) is 4.23. The fourth-order valence-electron chi connectivity index (χ4n) is 2.86. The summed E-state index contributed by atoms with van der Waals surface area (Å²) in [6.07, 6.45) is 4.39. The highest BCUT2D eigenvalue weighted by Crippen LogP contribution is 2.29. The Hall–Kier alpha value is -2.64. The van der Waals surface area contributed by atoms with Gasteiger partial charge in [-0.2, -0.15) is 0 Å². The van der Waals surface area contributed by atoms with Gasteiger partial charge in [-0.1, -0.05) is 0 Å². The molecule has 0 aliphatic heterocycles. The predicted molar refractivity (Wildman–Crippen MR) is 92.6 cm³/mol. The Bertz CT molecular complexity index is 668. The molecular weight excluding hydrogens is 340 g/mol. The Morgan fingerprint density at radius 2 is 1.92 bits per heavy atom. The van der Waals surface area contributed by atoms with Gasteiger partial charge in [0.1, 0.15) is 6.10 Å². The number of hydrogen-bond donors (Lipinski definition) is 1. The summed E-state index contributed by atoms with van der Waals surface area (Å²) in [5.74, 6) is -1.55. The summed E-state index contributed by atoms with van der Waals surface area (Å²) in [5.41, 5.74) is 1.12. The summed E-state index contributed by atoms with van der Waals surface area (Å²) in [5, 5.41) is 2.41. The summed E-state index contributed by atoms with van der Waals surface area (Å²) in [6, 6.07) is 1.67. The first-order valence-electron chi connectivity index (χ1n) is 8.63. The number of carbonyl (C=O) groups excluding carboxylic acids is 3. The van der Waals surface area contributed by atoms with E-state index in [2.05, 4.69) is 15.0 Å². The van der Waals surface area contributed by atoms with Gasteiger partial charge in [0.05, 0.1) is 31.5 Å². The molecule has 1 saturated carbocycles. The second-order valence-corrected chi connectivity index (χ2v) is 6.14. The molecule has 2 rings (SSSR count). The number of anilines is 1. The van der Waals surface area contributed by atoms with Crippen LogP contribution in [0.25, 0.3) is 0 Å². The van der Waals surface area contributed by atoms with E-state index in [0.29, 0.717) is 18.2 Å². The van der Waals surface area contributed by atoms with Crippen molar-refractivity contribution in [2.45, 2.75) is 45.6 Å². The van der Waals surface area contributed by atoms with E-state index in [4.69, 9.17) is 9.47 Å². The highest BCUT2D eigenvalue weighted by Gasteiger charge is 2.28. The molecule has 0 spiro atoms. The molecule has 0 saturated heterocycles. The fraction of sp³-hybridized carbons (Fsp3) is 0.556. The van der Waals surface area contributed by atoms with Gasteiger partial charge in [-0.15, -0.1) is 0 Å². The van der Waals surface area contributed by atoms with Gasteiger partial charge in [0.25, 0.3) is 0 Å². The molecule has 1 aromatic rings. The number of nitrogens with zero attached hydrogens (tertiary/aromatic N) is 1. The standard InChI is InChI=1S/C18H24N2O6/c1-4-25-17(22)12-5-7-14(8-6-12)26-16-11(2)9-13(10-19-16)20-15(21)18(23)24-3/h9-10,12,14H,4-8H2,1-3H3,(H,20,21)/t12-,14-. The summed E-state index contributed by atoms with van der Waals surface area (Å²) in [6.45, 7) is 4.01. The lowest BCUT2D eigenvalue weighted by atomic mass is 9.87. The van der Waals surface area contributed by atoms with Gasteiger partial charge in [-0.25, -0.2) is 9.78 Å². The minimum atomic E-state index is -0.971. The van der Waals surface area contributed by atoms with Crippen molar-refractivity contribution in [3.63, 3.8) is 0 Å². The first-order valence-corrected chi connectivity index (χ1v) is 8.63. The topological polar surface area (TPSA) is 104 Å². The zero-order valence-electron chi connectivity index (χ0n) is 15.2. The molecule has 0 radical (unpaired) electrons. The van der Waals surface area contributed by atoms with Gasteiger partial charge in [0, 0.05) is 5.56 Å². The first kappa shape index (κ1) is 19.7. The molecule has 0 bridgehead atoms. The molecule has 0 atom stereocenters. The SMILES string of the molecule is CCOC(=O)[C@H]1CC[C@H](Oc2ncc(NC(=O)C(=O)OC)cc2C)CC1. The molecule has 1 fully saturated rings. The second-order valence-electron chi connectivity index (χ2n) is 6.14. The van der Waals surface area contributed by atoms with Crippen molar-refractivity contribution in [1.29, 1.82) is 0 Å². The van der Waals surface area contributed by atoms with E-state index in [1.165, 1.54) is 6.20 Å². The van der Waals surface area contributed by atoms with Crippen LogP contribution in [0.4, 0.5) is 5.69 Å². The number of nitrogens with one attached hydrogen (secondary N) is 1. The molecule has 8 heteroatoms. The number of carbonyl (C=O) groups is 3. The third-order valence-corrected chi connectivity index (χ3v) is 4.23. The average molecular weight is 364 g/mol. The average Bonchev–Trinajstić information content (AvgIpc) is 2.64. The molecular formula is C18H24N2O6. The van der Waals surface area contributed by atoms with E-state index in [0.717, 1.165) is 38.4 Å². The van der Waals surface area contributed by atoms with E-state index in [1.807, 2.05) is 0 Å². The third kappa shape index (κ3) is 5.18. The Balaban J connectivity index is 1.90. The zero-order valence-corrected chi connectivity index (χ0v) is 15.2. The van der Waals surface area contributed by atoms with Gasteiger partial charge in [-0.3, -0.25) is 9.59 Å². The Kier molecular flexibility index (Phi) is 6.94. The van der Waals surface area contributed by atoms with Crippen LogP contribution in [0, 0.1) is 12.8 Å². The Morgan fingerprint density at radius 1 is 1.23 bits per heavy atom. The van der Waals surface area contributed by atoms with Gasteiger partial charge < -0.3 is 19.5 Å². The van der Waals surface area contributed by atoms with E-state index < -0.39 is 11.9 Å². The van der Waals surface area contributed by atoms with E-state index in [1.54, 1.807) is 19.9 Å². The monoisotopic (exact) mass is 364 g/mol. The number of hydrogen-bond acceptors (Lipinski definition) is 7. The lowest BCUT2D eigenvalue weighted by Gasteiger charge is -2.27. The van der Waals surface area contributed by atoms with Gasteiger partial charge in [-0.05, 0) is 45.6 Å². The van der Waals surface area contributed by atoms with Crippen molar-refractivity contribution in [2.24, 2.45) is 5.92 Å². The van der Waals surface area contributed by atoms with Crippen LogP contribution in [0.3, 0.4) is 0 Å². The molecule has 8 nitrogen and oxygen atoms in total. The molecule has 142 valence electrons. The van der Waals surface area contributed by atoms with Crippen molar-refractivity contribution in [1.82, 2.24) is 4.98 Å². The molecule has 26 heavy (non-hydrogen) atoms. The zero-order chi connectivity index (χ0) is 19.1. The minimum Gasteiger partial charge on any atom is -0.474 e. The predicted octanol–water partition coefficient (Wildman–Crippen LogP) is 2.00. The number of amides is 1. The fourth-order valence-corrected chi connectivity index (χ4v) is 2.86. The molecule has 1 aliphatic carbocycles. The van der Waals surface area contributed by atoms with Crippen LogP contribution < -0.4 is 10.1 Å². The lowest BCUT2D eigenvalue weighted by Crippen LogP contribution is -2.29. The normalized spacial score (nSPS) is 19.3. The summed E-state index contributed by atoms with van der Waals surface area (Å²) < 4.78 is 15.3. The van der Waals surface area contributed by atoms with Crippen molar-refractivity contribution < 1.29 is 28.6 Å². The maximum atomic E-state index is 11.8. The van der Waals surface area contributed by atoms with Crippen LogP contribution in [0.2, 0.25) is 0 Å². The lowest BCUT2D eigenvalue weighted by molar-refractivity contribution is -0.150. The minimum absolute atomic E-state index is 0.0117. The molecule has 1 heterocycles. The highest BCUT2D eigenvalue weighted by molar-refractivity contribution is 6.37. The van der Waals surface area contributed by atoms with E-state index in [9.17, 15) is 14.4 Å². The highest BCUT2D eigenvalue weighted by atomic mass is 16.5. The van der Waals surface area contributed by atoms with Crippen molar-refractivity contribution in [3.05, 3.63) is 17.8 Å². The number of ether oxygens (including phenoxy) is 3. The largest absolute Gasteiger partial charge is 0.474 e. The quantitative estimate of drug-likeness (QED) is 0.629. The number of esters is 2. The maximum Gasteiger partial charge on any atom is 0.396 e. The van der Waals surface area contributed by atoms with E-state index >= 15 is 0 Å². The van der Waals surface area contributed by atoms with Crippen LogP contribution in [0.5, 0.6) is 5.88 Å². The molecule has 0 unspecified atom stereocenters. The molecule has 1 N–H and O–H groups in total. The van der Waals surface area contributed by atoms with Crippen LogP contribution in [-0.2, 0) is 23.9 Å². The van der Waals surface area contributed by atoms with Gasteiger partial charge in [0.15, 0.2) is 0 Å². The van der Waals surface area contributed by atoms with Gasteiger partial charge in [0.2, 0.25) is 5.88 Å². The Morgan fingerprint density at radius 3 is 2.50 bits per heavy atom. The van der Waals surface area contributed by atoms with Crippen molar-refractivity contribution in [2.75, 3.05) is 19.0 Å². The molecule has 1 amide bonds. The van der Waals surface area contributed by atoms with Crippen LogP contribution >= 0.6 is 0 Å². The van der Waals surface area contributed by atoms with Crippen molar-refractivity contribution in [3.8, 4) is 5.88 Å². The summed E-state index contributed by atoms with van der Waals surface area (Å²) in [4.78, 5) is 38.6. The molecule has 0 aromatic carbocycles. The van der Waals surface area contributed by atoms with E-state index in [-0.39, 0.29) is 18.0 Å². The molecule has 1 aromatic heterocycles. The summed E-state index contributed by atoms with van der Waals surface area (Å²) in [7, 11) is 1.14.